The molecule has 14 heterocycles. The van der Waals surface area contributed by atoms with Gasteiger partial charge in [0.2, 0.25) is 17.7 Å². The monoisotopic (exact) mass is 1630 g/mol. The molecular formula is C71H55F16N23O6. The zero-order valence-electron chi connectivity index (χ0n) is 60.0. The second-order valence-electron chi connectivity index (χ2n) is 28.4. The predicted octanol–water partition coefficient (Wildman–Crippen LogP) is 10.4. The molecule has 3 unspecified atom stereocenters. The Morgan fingerprint density at radius 3 is 1.14 bits per heavy atom. The van der Waals surface area contributed by atoms with E-state index in [4.69, 9.17) is 0 Å². The molecule has 1 aromatic carbocycles. The third-order valence-electron chi connectivity index (χ3n) is 20.7. The standard InChI is InChI=1S/C25H19F6N7O2.C24H19F5N8O2.C22H17F5N8O2/c1-11-8-13(4-5-14(11)26)24(12-2-3-12)17-19(37-22(24)40)35-18(36-21(17)39)16-9-38-20(32-10-33-38)15(34-16)6-7-23(27,28)25(29,30)31;1-11-6-13(8-30-7-11)23(12-2-3-12)16-18(36-21(23)39)34-17(35-20(16)38)15-9-37-19(31-10-32-37)14(33-15)4-5-22(25,26)24(27,28)29;1-10-5-11(7-28-6-10)20(2)14-16(34-19(20)37)32-15(33-18(14)36)13-8-35-17(29-9-30-35)12(31-13)3-4-21(23,24)22(25,26)27/h4-5,8-10,12H,2-3,6-7H2,1H3,(H2,35,36,37,39,40);6-10,12H,2-5H2,1H3,(H2,34,35,36,38,39);5-9H,3-4H2,1-2H3,(H2,32,33,34,36,37). The van der Waals surface area contributed by atoms with Crippen LogP contribution in [0.15, 0.2) is 107 Å². The van der Waals surface area contributed by atoms with E-state index in [-0.39, 0.29) is 115 Å². The molecule has 0 spiro atoms. The third kappa shape index (κ3) is 13.4. The molecule has 5 aliphatic rings. The van der Waals surface area contributed by atoms with Crippen LogP contribution >= 0.6 is 0 Å². The summed E-state index contributed by atoms with van der Waals surface area (Å²) < 4.78 is 213. The van der Waals surface area contributed by atoms with Gasteiger partial charge in [0.15, 0.2) is 34.4 Å². The lowest BCUT2D eigenvalue weighted by Crippen LogP contribution is -2.41. The molecule has 0 saturated heterocycles. The highest BCUT2D eigenvalue weighted by atomic mass is 19.4. The number of halogens is 16. The highest BCUT2D eigenvalue weighted by Gasteiger charge is 2.63. The summed E-state index contributed by atoms with van der Waals surface area (Å²) in [6.45, 7) is 6.71. The number of fused-ring (bicyclic) bond motifs is 6. The van der Waals surface area contributed by atoms with Gasteiger partial charge in [-0.25, -0.2) is 62.8 Å². The number of aromatic nitrogens is 20. The average Bonchev–Trinajstić information content (AvgIpc) is 1.54. The van der Waals surface area contributed by atoms with Crippen LogP contribution in [0.3, 0.4) is 0 Å². The lowest BCUT2D eigenvalue weighted by molar-refractivity contribution is -0.284. The Bertz CT molecular complexity index is 6230. The van der Waals surface area contributed by atoms with E-state index >= 15 is 0 Å². The van der Waals surface area contributed by atoms with Crippen LogP contribution in [0.2, 0.25) is 0 Å². The first-order chi connectivity index (χ1) is 54.5. The first-order valence-electron chi connectivity index (χ1n) is 35.0. The van der Waals surface area contributed by atoms with Crippen molar-refractivity contribution in [3.05, 3.63) is 197 Å². The molecule has 11 aromatic heterocycles. The van der Waals surface area contributed by atoms with E-state index in [1.807, 2.05) is 6.92 Å². The lowest BCUT2D eigenvalue weighted by Gasteiger charge is -2.27. The lowest BCUT2D eigenvalue weighted by atomic mass is 9.71. The van der Waals surface area contributed by atoms with Crippen molar-refractivity contribution < 1.29 is 84.6 Å². The van der Waals surface area contributed by atoms with Gasteiger partial charge in [-0.2, -0.15) is 81.2 Å². The summed E-state index contributed by atoms with van der Waals surface area (Å²) in [5.74, 6) is -17.6. The molecule has 3 aliphatic heterocycles. The van der Waals surface area contributed by atoms with Crippen LogP contribution in [0.4, 0.5) is 87.7 Å². The van der Waals surface area contributed by atoms with Gasteiger partial charge in [0.05, 0.1) is 52.4 Å². The van der Waals surface area contributed by atoms with Gasteiger partial charge in [-0.05, 0) is 124 Å². The molecule has 6 N–H and O–H groups in total. The smallest absolute Gasteiger partial charge is 0.309 e. The summed E-state index contributed by atoms with van der Waals surface area (Å²) >= 11 is 0. The van der Waals surface area contributed by atoms with Gasteiger partial charge in [0.1, 0.15) is 75.6 Å². The van der Waals surface area contributed by atoms with Gasteiger partial charge in [0, 0.05) is 44.0 Å². The van der Waals surface area contributed by atoms with Gasteiger partial charge in [0.25, 0.3) is 16.7 Å². The van der Waals surface area contributed by atoms with Crippen molar-refractivity contribution in [3.8, 4) is 34.6 Å². The normalized spacial score (nSPS) is 18.8. The summed E-state index contributed by atoms with van der Waals surface area (Å²) in [6, 6.07) is 7.75. The number of benzene rings is 1. The number of rotatable bonds is 17. The second kappa shape index (κ2) is 27.7. The van der Waals surface area contributed by atoms with Gasteiger partial charge in [-0.3, -0.25) is 38.7 Å². The Labute approximate surface area is 636 Å². The van der Waals surface area contributed by atoms with Crippen LogP contribution in [-0.4, -0.2) is 153 Å². The summed E-state index contributed by atoms with van der Waals surface area (Å²) in [6.07, 6.45) is -8.18. The van der Waals surface area contributed by atoms with E-state index in [0.29, 0.717) is 35.1 Å². The summed E-state index contributed by atoms with van der Waals surface area (Å²) in [5.41, 5.74) is -3.41. The first-order valence-corrected chi connectivity index (χ1v) is 35.0. The molecule has 45 heteroatoms. The molecule has 0 radical (unpaired) electrons. The zero-order chi connectivity index (χ0) is 83.1. The number of pyridine rings is 2. The molecule has 2 saturated carbocycles. The third-order valence-corrected chi connectivity index (χ3v) is 20.7. The second-order valence-corrected chi connectivity index (χ2v) is 28.4. The van der Waals surface area contributed by atoms with Crippen molar-refractivity contribution in [3.63, 3.8) is 0 Å². The van der Waals surface area contributed by atoms with Crippen molar-refractivity contribution >= 4 is 52.1 Å². The number of hydrogen-bond donors (Lipinski definition) is 6. The molecule has 602 valence electrons. The molecule has 3 atom stereocenters. The van der Waals surface area contributed by atoms with Crippen molar-refractivity contribution in [2.45, 2.75) is 144 Å². The number of amides is 3. The molecule has 29 nitrogen and oxygen atoms in total. The Hall–Kier alpha value is -12.9. The van der Waals surface area contributed by atoms with Gasteiger partial charge in [-0.1, -0.05) is 24.3 Å². The SMILES string of the molecule is Cc1cc(C2(C3CC3)C(=O)Nc3nc(-c4cn5ncnc5c(CCC(F)(F)C(F)(F)F)n4)[nH]c(=O)c32)ccc1F.Cc1cncc(C2(C)C(=O)Nc3nc(-c4cn5ncnc5c(CCC(F)(F)C(F)(F)F)n4)[nH]c(=O)c32)c1.Cc1cncc(C2(C3CC3)C(=O)Nc3nc(-c4cn5ncnc5c(CCC(F)(F)C(F)(F)F)n4)[nH]c(=O)c32)c1. The fourth-order valence-electron chi connectivity index (χ4n) is 14.6. The van der Waals surface area contributed by atoms with Crippen LogP contribution in [0, 0.1) is 38.4 Å². The maximum Gasteiger partial charge on any atom is 0.453 e. The van der Waals surface area contributed by atoms with E-state index in [1.54, 1.807) is 51.5 Å². The van der Waals surface area contributed by atoms with Crippen molar-refractivity contribution in [1.29, 1.82) is 0 Å². The summed E-state index contributed by atoms with van der Waals surface area (Å²) in [7, 11) is 0. The average molecular weight is 1630 g/mol. The number of nitrogens with one attached hydrogen (secondary N) is 6. The molecule has 17 rings (SSSR count). The maximum atomic E-state index is 14.0. The van der Waals surface area contributed by atoms with Crippen LogP contribution in [0.1, 0.15) is 119 Å². The minimum atomic E-state index is -5.74. The largest absolute Gasteiger partial charge is 0.453 e. The fraction of sp³-hybridized carbons (Fsp3) is 0.352. The molecule has 2 aliphatic carbocycles. The van der Waals surface area contributed by atoms with E-state index < -0.39 is 131 Å². The van der Waals surface area contributed by atoms with E-state index in [0.717, 1.165) is 56.5 Å². The first kappa shape index (κ1) is 78.4. The molecular weight excluding hydrogens is 1570 g/mol. The number of aryl methyl sites for hydroxylation is 6. The molecule has 2 fully saturated rings. The Kier molecular flexibility index (Phi) is 18.7. The maximum absolute atomic E-state index is 14.0. The zero-order valence-corrected chi connectivity index (χ0v) is 60.0. The van der Waals surface area contributed by atoms with E-state index in [9.17, 15) is 99.0 Å². The van der Waals surface area contributed by atoms with Crippen molar-refractivity contribution in [2.24, 2.45) is 11.8 Å². The van der Waals surface area contributed by atoms with Crippen LogP contribution < -0.4 is 32.6 Å². The minimum Gasteiger partial charge on any atom is -0.309 e. The highest BCUT2D eigenvalue weighted by Crippen LogP contribution is 2.57. The van der Waals surface area contributed by atoms with Crippen LogP contribution in [0.25, 0.3) is 51.5 Å². The van der Waals surface area contributed by atoms with Gasteiger partial charge >= 0.3 is 36.3 Å². The van der Waals surface area contributed by atoms with Crippen molar-refractivity contribution in [1.82, 2.24) is 98.6 Å². The van der Waals surface area contributed by atoms with Crippen molar-refractivity contribution in [2.75, 3.05) is 16.0 Å². The van der Waals surface area contributed by atoms with Gasteiger partial charge in [-0.15, -0.1) is 0 Å². The number of nitrogens with zero attached hydrogens (tertiary/aromatic N) is 17. The number of H-pyrrole nitrogens is 3. The number of anilines is 3. The number of carbonyl (C=O) groups excluding carboxylic acids is 3. The Balaban J connectivity index is 0.000000137. The van der Waals surface area contributed by atoms with E-state index in [2.05, 4.69) is 101 Å². The molecule has 116 heavy (non-hydrogen) atoms. The molecule has 12 aromatic rings. The number of hydrogen-bond acceptors (Lipinski definition) is 20. The number of alkyl halides is 15. The molecule has 3 amide bonds. The summed E-state index contributed by atoms with van der Waals surface area (Å²) in [5, 5.41) is 19.7. The number of aromatic amines is 3. The fourth-order valence-corrected chi connectivity index (χ4v) is 14.6. The summed E-state index contributed by atoms with van der Waals surface area (Å²) in [4.78, 5) is 133. The van der Waals surface area contributed by atoms with E-state index in [1.165, 1.54) is 43.0 Å². The minimum absolute atomic E-state index is 0.0119. The van der Waals surface area contributed by atoms with Gasteiger partial charge < -0.3 is 30.9 Å². The topological polar surface area (TPSA) is 380 Å². The van der Waals surface area contributed by atoms with Crippen LogP contribution in [0.5, 0.6) is 0 Å². The predicted molar refractivity (Wildman–Crippen MR) is 370 cm³/mol. The Morgan fingerprint density at radius 2 is 0.776 bits per heavy atom. The highest BCUT2D eigenvalue weighted by molar-refractivity contribution is 6.10. The quantitative estimate of drug-likeness (QED) is 0.0461. The van der Waals surface area contributed by atoms with Crippen LogP contribution in [-0.2, 0) is 49.9 Å². The number of carbonyl (C=O) groups is 3. The Morgan fingerprint density at radius 1 is 0.431 bits per heavy atom. The molecule has 0 bridgehead atoms.